The first kappa shape index (κ1) is 8.80. The van der Waals surface area contributed by atoms with Gasteiger partial charge < -0.3 is 14.9 Å². The molecule has 0 amide bonds. The third-order valence-corrected chi connectivity index (χ3v) is 1.22. The van der Waals surface area contributed by atoms with Gasteiger partial charge in [0.05, 0.1) is 6.26 Å². The molecule has 1 unspecified atom stereocenters. The predicted octanol–water partition coefficient (Wildman–Crippen LogP) is 0.366. The van der Waals surface area contributed by atoms with Crippen LogP contribution in [0.2, 0.25) is 0 Å². The molecule has 0 radical (unpaired) electrons. The molecule has 1 aromatic rings. The molecular weight excluding hydrogens is 158 g/mol. The Bertz CT molecular complexity index is 292. The van der Waals surface area contributed by atoms with E-state index in [4.69, 9.17) is 14.9 Å². The first-order valence-corrected chi connectivity index (χ1v) is 3.65. The molecule has 66 valence electrons. The molecule has 1 rings (SSSR count). The van der Waals surface area contributed by atoms with E-state index in [0.717, 1.165) is 0 Å². The summed E-state index contributed by atoms with van der Waals surface area (Å²) in [6.45, 7) is 2.11. The first-order valence-electron chi connectivity index (χ1n) is 3.65. The van der Waals surface area contributed by atoms with E-state index in [9.17, 15) is 4.79 Å². The number of rotatable bonds is 3. The zero-order valence-corrected chi connectivity index (χ0v) is 6.82. The lowest BCUT2D eigenvalue weighted by Gasteiger charge is -2.06. The number of hydrogen-bond donors (Lipinski definition) is 1. The molecular formula is C8H11NO3. The molecule has 0 aliphatic heterocycles. The van der Waals surface area contributed by atoms with E-state index < -0.39 is 0 Å². The first-order chi connectivity index (χ1) is 5.70. The SMILES string of the molecule is CC(N)COc1coccc1=O. The summed E-state index contributed by atoms with van der Waals surface area (Å²) < 4.78 is 9.82. The normalized spacial score (nSPS) is 12.5. The van der Waals surface area contributed by atoms with Crippen molar-refractivity contribution >= 4 is 0 Å². The van der Waals surface area contributed by atoms with E-state index in [1.165, 1.54) is 18.6 Å². The molecule has 1 aromatic heterocycles. The highest BCUT2D eigenvalue weighted by molar-refractivity contribution is 5.13. The third kappa shape index (κ3) is 2.39. The van der Waals surface area contributed by atoms with Crippen molar-refractivity contribution in [3.63, 3.8) is 0 Å². The lowest BCUT2D eigenvalue weighted by atomic mass is 10.4. The summed E-state index contributed by atoms with van der Waals surface area (Å²) in [4.78, 5) is 11.0. The fraction of sp³-hybridized carbons (Fsp3) is 0.375. The molecule has 12 heavy (non-hydrogen) atoms. The second-order valence-corrected chi connectivity index (χ2v) is 2.57. The molecule has 0 bridgehead atoms. The lowest BCUT2D eigenvalue weighted by molar-refractivity contribution is 0.284. The molecule has 0 aliphatic rings. The van der Waals surface area contributed by atoms with Crippen LogP contribution in [0.1, 0.15) is 6.92 Å². The zero-order chi connectivity index (χ0) is 8.97. The quantitative estimate of drug-likeness (QED) is 0.709. The van der Waals surface area contributed by atoms with Crippen LogP contribution in [0.5, 0.6) is 5.75 Å². The second-order valence-electron chi connectivity index (χ2n) is 2.57. The molecule has 4 heteroatoms. The maximum Gasteiger partial charge on any atom is 0.226 e. The van der Waals surface area contributed by atoms with Crippen LogP contribution in [0.4, 0.5) is 0 Å². The Morgan fingerprint density at radius 3 is 3.08 bits per heavy atom. The molecule has 0 aromatic carbocycles. The highest BCUT2D eigenvalue weighted by Gasteiger charge is 2.00. The van der Waals surface area contributed by atoms with E-state index in [-0.39, 0.29) is 17.2 Å². The maximum absolute atomic E-state index is 11.0. The maximum atomic E-state index is 11.0. The number of nitrogens with two attached hydrogens (primary N) is 1. The Labute approximate surface area is 69.9 Å². The second kappa shape index (κ2) is 3.92. The fourth-order valence-electron chi connectivity index (χ4n) is 0.669. The number of ether oxygens (including phenoxy) is 1. The van der Waals surface area contributed by atoms with E-state index in [1.807, 2.05) is 0 Å². The molecule has 0 saturated carbocycles. The van der Waals surface area contributed by atoms with Crippen molar-refractivity contribution in [2.45, 2.75) is 13.0 Å². The van der Waals surface area contributed by atoms with Crippen LogP contribution in [-0.4, -0.2) is 12.6 Å². The van der Waals surface area contributed by atoms with Gasteiger partial charge in [0, 0.05) is 12.1 Å². The number of hydrogen-bond acceptors (Lipinski definition) is 4. The summed E-state index contributed by atoms with van der Waals surface area (Å²) >= 11 is 0. The summed E-state index contributed by atoms with van der Waals surface area (Å²) in [5.74, 6) is 0.204. The van der Waals surface area contributed by atoms with Gasteiger partial charge in [0.25, 0.3) is 0 Å². The average Bonchev–Trinajstić information content (AvgIpc) is 2.03. The van der Waals surface area contributed by atoms with Crippen molar-refractivity contribution in [2.24, 2.45) is 5.73 Å². The van der Waals surface area contributed by atoms with E-state index in [2.05, 4.69) is 0 Å². The molecule has 2 N–H and O–H groups in total. The smallest absolute Gasteiger partial charge is 0.226 e. The van der Waals surface area contributed by atoms with E-state index in [1.54, 1.807) is 6.92 Å². The van der Waals surface area contributed by atoms with Gasteiger partial charge in [0.1, 0.15) is 12.9 Å². The van der Waals surface area contributed by atoms with Crippen LogP contribution in [0.3, 0.4) is 0 Å². The van der Waals surface area contributed by atoms with Crippen molar-refractivity contribution in [3.8, 4) is 5.75 Å². The zero-order valence-electron chi connectivity index (χ0n) is 6.82. The van der Waals surface area contributed by atoms with Crippen LogP contribution < -0.4 is 15.9 Å². The standard InChI is InChI=1S/C8H11NO3/c1-6(9)4-12-8-5-11-3-2-7(8)10/h2-3,5-6H,4,9H2,1H3. The van der Waals surface area contributed by atoms with Crippen molar-refractivity contribution in [1.29, 1.82) is 0 Å². The van der Waals surface area contributed by atoms with Crippen LogP contribution in [0, 0.1) is 0 Å². The van der Waals surface area contributed by atoms with Crippen molar-refractivity contribution in [1.82, 2.24) is 0 Å². The largest absolute Gasteiger partial charge is 0.485 e. The van der Waals surface area contributed by atoms with Gasteiger partial charge in [-0.1, -0.05) is 0 Å². The Hall–Kier alpha value is -1.29. The van der Waals surface area contributed by atoms with Gasteiger partial charge >= 0.3 is 0 Å². The summed E-state index contributed by atoms with van der Waals surface area (Å²) in [5, 5.41) is 0. The monoisotopic (exact) mass is 169 g/mol. The highest BCUT2D eigenvalue weighted by Crippen LogP contribution is 2.00. The Morgan fingerprint density at radius 2 is 2.50 bits per heavy atom. The predicted molar refractivity (Wildman–Crippen MR) is 44.1 cm³/mol. The van der Waals surface area contributed by atoms with Gasteiger partial charge in [-0.15, -0.1) is 0 Å². The minimum atomic E-state index is -0.193. The van der Waals surface area contributed by atoms with Crippen LogP contribution in [-0.2, 0) is 0 Å². The molecule has 4 nitrogen and oxygen atoms in total. The summed E-state index contributed by atoms with van der Waals surface area (Å²) in [6, 6.07) is 1.21. The Kier molecular flexibility index (Phi) is 2.88. The highest BCUT2D eigenvalue weighted by atomic mass is 16.5. The summed E-state index contributed by atoms with van der Waals surface area (Å²) in [6.07, 6.45) is 2.58. The Morgan fingerprint density at radius 1 is 1.75 bits per heavy atom. The van der Waals surface area contributed by atoms with E-state index in [0.29, 0.717) is 6.61 Å². The molecule has 1 heterocycles. The van der Waals surface area contributed by atoms with Gasteiger partial charge in [-0.25, -0.2) is 0 Å². The third-order valence-electron chi connectivity index (χ3n) is 1.22. The van der Waals surface area contributed by atoms with Crippen molar-refractivity contribution < 1.29 is 9.15 Å². The van der Waals surface area contributed by atoms with Gasteiger partial charge in [-0.05, 0) is 6.92 Å². The molecule has 0 spiro atoms. The lowest BCUT2D eigenvalue weighted by Crippen LogP contribution is -2.25. The fourth-order valence-corrected chi connectivity index (χ4v) is 0.669. The topological polar surface area (TPSA) is 65.5 Å². The summed E-state index contributed by atoms with van der Waals surface area (Å²) in [5.41, 5.74) is 5.24. The molecule has 0 saturated heterocycles. The molecule has 0 aliphatic carbocycles. The van der Waals surface area contributed by atoms with Gasteiger partial charge in [0.2, 0.25) is 11.2 Å². The van der Waals surface area contributed by atoms with Crippen LogP contribution in [0.15, 0.2) is 27.8 Å². The van der Waals surface area contributed by atoms with Crippen LogP contribution >= 0.6 is 0 Å². The van der Waals surface area contributed by atoms with Gasteiger partial charge in [-0.2, -0.15) is 0 Å². The minimum absolute atomic E-state index is 0.0930. The van der Waals surface area contributed by atoms with Crippen molar-refractivity contribution in [2.75, 3.05) is 6.61 Å². The van der Waals surface area contributed by atoms with Crippen molar-refractivity contribution in [3.05, 3.63) is 28.8 Å². The molecule has 1 atom stereocenters. The Balaban J connectivity index is 2.64. The van der Waals surface area contributed by atoms with Gasteiger partial charge in [0.15, 0.2) is 0 Å². The summed E-state index contributed by atoms with van der Waals surface area (Å²) in [7, 11) is 0. The van der Waals surface area contributed by atoms with Crippen LogP contribution in [0.25, 0.3) is 0 Å². The average molecular weight is 169 g/mol. The molecule has 0 fully saturated rings. The minimum Gasteiger partial charge on any atom is -0.485 e. The van der Waals surface area contributed by atoms with Gasteiger partial charge in [-0.3, -0.25) is 4.79 Å². The van der Waals surface area contributed by atoms with E-state index >= 15 is 0 Å².